The summed E-state index contributed by atoms with van der Waals surface area (Å²) in [6.07, 6.45) is 3.55. The summed E-state index contributed by atoms with van der Waals surface area (Å²) in [7, 11) is 0. The maximum atomic E-state index is 11.1. The SMILES string of the molecule is O=C(O)/C=C/C(=O)NCC(=O)NC1CC1. The highest BCUT2D eigenvalue weighted by atomic mass is 16.4. The van der Waals surface area contributed by atoms with Crippen molar-refractivity contribution in [3.05, 3.63) is 12.2 Å². The molecule has 1 aliphatic carbocycles. The summed E-state index contributed by atoms with van der Waals surface area (Å²) in [6.45, 7) is -0.126. The lowest BCUT2D eigenvalue weighted by Gasteiger charge is -2.02. The van der Waals surface area contributed by atoms with Gasteiger partial charge in [-0.05, 0) is 12.8 Å². The third-order valence-corrected chi connectivity index (χ3v) is 1.74. The highest BCUT2D eigenvalue weighted by Crippen LogP contribution is 2.17. The maximum Gasteiger partial charge on any atom is 0.328 e. The van der Waals surface area contributed by atoms with Crippen molar-refractivity contribution in [2.75, 3.05) is 6.54 Å². The minimum Gasteiger partial charge on any atom is -0.478 e. The minimum atomic E-state index is -1.20. The van der Waals surface area contributed by atoms with Crippen LogP contribution in [-0.4, -0.2) is 35.5 Å². The Balaban J connectivity index is 2.14. The normalized spacial score (nSPS) is 14.9. The Hall–Kier alpha value is -1.85. The summed E-state index contributed by atoms with van der Waals surface area (Å²) in [6, 6.07) is 0.254. The summed E-state index contributed by atoms with van der Waals surface area (Å²) in [5.74, 6) is -2.05. The molecule has 0 atom stereocenters. The zero-order valence-electron chi connectivity index (χ0n) is 8.03. The largest absolute Gasteiger partial charge is 0.478 e. The number of carboxylic acid groups (broad SMARTS) is 1. The molecule has 0 aliphatic heterocycles. The zero-order chi connectivity index (χ0) is 11.3. The van der Waals surface area contributed by atoms with Crippen LogP contribution in [0.5, 0.6) is 0 Å². The Morgan fingerprint density at radius 1 is 1.27 bits per heavy atom. The number of carboxylic acids is 1. The molecule has 0 aromatic rings. The standard InChI is InChI=1S/C9H12N2O4/c12-7(3-4-9(14)15)10-5-8(13)11-6-1-2-6/h3-4,6H,1-2,5H2,(H,10,12)(H,11,13)(H,14,15)/b4-3+. The molecule has 6 heteroatoms. The van der Waals surface area contributed by atoms with E-state index < -0.39 is 11.9 Å². The molecule has 0 unspecified atom stereocenters. The molecule has 0 heterocycles. The second kappa shape index (κ2) is 5.14. The van der Waals surface area contributed by atoms with E-state index in [9.17, 15) is 14.4 Å². The first-order valence-corrected chi connectivity index (χ1v) is 4.56. The van der Waals surface area contributed by atoms with Crippen LogP contribution in [0, 0.1) is 0 Å². The first-order chi connectivity index (χ1) is 7.08. The molecule has 1 aliphatic rings. The van der Waals surface area contributed by atoms with E-state index in [2.05, 4.69) is 10.6 Å². The van der Waals surface area contributed by atoms with Crippen molar-refractivity contribution >= 4 is 17.8 Å². The average Bonchev–Trinajstić information content (AvgIpc) is 2.95. The van der Waals surface area contributed by atoms with Crippen LogP contribution in [0.4, 0.5) is 0 Å². The first-order valence-electron chi connectivity index (χ1n) is 4.56. The molecule has 15 heavy (non-hydrogen) atoms. The number of carbonyl (C=O) groups is 3. The summed E-state index contributed by atoms with van der Waals surface area (Å²) in [5.41, 5.74) is 0. The van der Waals surface area contributed by atoms with E-state index in [0.29, 0.717) is 6.08 Å². The van der Waals surface area contributed by atoms with Crippen molar-refractivity contribution in [1.29, 1.82) is 0 Å². The van der Waals surface area contributed by atoms with Crippen LogP contribution in [0.25, 0.3) is 0 Å². The fourth-order valence-corrected chi connectivity index (χ4v) is 0.880. The number of hydrogen-bond acceptors (Lipinski definition) is 3. The van der Waals surface area contributed by atoms with Gasteiger partial charge >= 0.3 is 5.97 Å². The van der Waals surface area contributed by atoms with E-state index in [1.165, 1.54) is 0 Å². The number of nitrogens with one attached hydrogen (secondary N) is 2. The van der Waals surface area contributed by atoms with Crippen LogP contribution < -0.4 is 10.6 Å². The molecule has 82 valence electrons. The predicted molar refractivity (Wildman–Crippen MR) is 51.0 cm³/mol. The van der Waals surface area contributed by atoms with Crippen molar-refractivity contribution in [2.24, 2.45) is 0 Å². The van der Waals surface area contributed by atoms with Crippen LogP contribution in [0.15, 0.2) is 12.2 Å². The van der Waals surface area contributed by atoms with Gasteiger partial charge in [0.2, 0.25) is 11.8 Å². The van der Waals surface area contributed by atoms with Gasteiger partial charge in [0.1, 0.15) is 0 Å². The zero-order valence-corrected chi connectivity index (χ0v) is 8.03. The van der Waals surface area contributed by atoms with Gasteiger partial charge in [-0.15, -0.1) is 0 Å². The predicted octanol–water partition coefficient (Wildman–Crippen LogP) is -0.978. The van der Waals surface area contributed by atoms with Crippen LogP contribution in [-0.2, 0) is 14.4 Å². The van der Waals surface area contributed by atoms with Crippen LogP contribution in [0.1, 0.15) is 12.8 Å². The second-order valence-electron chi connectivity index (χ2n) is 3.23. The molecule has 0 saturated heterocycles. The molecule has 1 fully saturated rings. The van der Waals surface area contributed by atoms with Gasteiger partial charge in [0.25, 0.3) is 0 Å². The van der Waals surface area contributed by atoms with E-state index >= 15 is 0 Å². The quantitative estimate of drug-likeness (QED) is 0.510. The van der Waals surface area contributed by atoms with Crippen LogP contribution in [0.2, 0.25) is 0 Å². The summed E-state index contributed by atoms with van der Waals surface area (Å²) in [5, 5.41) is 13.2. The molecule has 1 rings (SSSR count). The van der Waals surface area contributed by atoms with Gasteiger partial charge in [-0.25, -0.2) is 4.79 Å². The number of rotatable bonds is 5. The maximum absolute atomic E-state index is 11.1. The van der Waals surface area contributed by atoms with Crippen LogP contribution >= 0.6 is 0 Å². The first kappa shape index (κ1) is 11.2. The lowest BCUT2D eigenvalue weighted by atomic mass is 10.4. The van der Waals surface area contributed by atoms with Gasteiger partial charge < -0.3 is 15.7 Å². The highest BCUT2D eigenvalue weighted by Gasteiger charge is 2.22. The Bertz CT molecular complexity index is 307. The number of aliphatic carboxylic acids is 1. The summed E-state index contributed by atoms with van der Waals surface area (Å²) in [4.78, 5) is 32.0. The van der Waals surface area contributed by atoms with Crippen molar-refractivity contribution in [2.45, 2.75) is 18.9 Å². The lowest BCUT2D eigenvalue weighted by Crippen LogP contribution is -2.37. The number of amides is 2. The smallest absolute Gasteiger partial charge is 0.328 e. The Morgan fingerprint density at radius 3 is 2.47 bits per heavy atom. The van der Waals surface area contributed by atoms with Gasteiger partial charge in [0.15, 0.2) is 0 Å². The molecule has 0 bridgehead atoms. The van der Waals surface area contributed by atoms with E-state index in [4.69, 9.17) is 5.11 Å². The fourth-order valence-electron chi connectivity index (χ4n) is 0.880. The third-order valence-electron chi connectivity index (χ3n) is 1.74. The van der Waals surface area contributed by atoms with Gasteiger partial charge in [0, 0.05) is 18.2 Å². The van der Waals surface area contributed by atoms with Crippen LogP contribution in [0.3, 0.4) is 0 Å². The molecule has 0 aromatic heterocycles. The molecule has 6 nitrogen and oxygen atoms in total. The van der Waals surface area contributed by atoms with Crippen molar-refractivity contribution in [3.8, 4) is 0 Å². The van der Waals surface area contributed by atoms with E-state index in [1.54, 1.807) is 0 Å². The summed E-state index contributed by atoms with van der Waals surface area (Å²) >= 11 is 0. The molecular formula is C9H12N2O4. The third kappa shape index (κ3) is 5.45. The molecule has 3 N–H and O–H groups in total. The Kier molecular flexibility index (Phi) is 3.84. The Labute approximate surface area is 86.3 Å². The number of hydrogen-bond donors (Lipinski definition) is 3. The molecule has 1 saturated carbocycles. The second-order valence-corrected chi connectivity index (χ2v) is 3.23. The van der Waals surface area contributed by atoms with E-state index in [1.807, 2.05) is 0 Å². The minimum absolute atomic E-state index is 0.126. The lowest BCUT2D eigenvalue weighted by molar-refractivity contribution is -0.131. The van der Waals surface area contributed by atoms with Gasteiger partial charge in [-0.2, -0.15) is 0 Å². The number of carbonyl (C=O) groups excluding carboxylic acids is 2. The topological polar surface area (TPSA) is 95.5 Å². The fraction of sp³-hybridized carbons (Fsp3) is 0.444. The highest BCUT2D eigenvalue weighted by molar-refractivity contribution is 5.95. The van der Waals surface area contributed by atoms with E-state index in [-0.39, 0.29) is 18.5 Å². The molecule has 2 amide bonds. The average molecular weight is 212 g/mol. The van der Waals surface area contributed by atoms with E-state index in [0.717, 1.165) is 18.9 Å². The molecule has 0 spiro atoms. The molecule has 0 aromatic carbocycles. The van der Waals surface area contributed by atoms with Gasteiger partial charge in [0.05, 0.1) is 6.54 Å². The van der Waals surface area contributed by atoms with Gasteiger partial charge in [-0.1, -0.05) is 0 Å². The Morgan fingerprint density at radius 2 is 1.93 bits per heavy atom. The van der Waals surface area contributed by atoms with Crippen molar-refractivity contribution in [3.63, 3.8) is 0 Å². The monoisotopic (exact) mass is 212 g/mol. The molecular weight excluding hydrogens is 200 g/mol. The van der Waals surface area contributed by atoms with Crippen molar-refractivity contribution in [1.82, 2.24) is 10.6 Å². The van der Waals surface area contributed by atoms with Gasteiger partial charge in [-0.3, -0.25) is 9.59 Å². The molecule has 0 radical (unpaired) electrons. The summed E-state index contributed by atoms with van der Waals surface area (Å²) < 4.78 is 0. The van der Waals surface area contributed by atoms with Crippen molar-refractivity contribution < 1.29 is 19.5 Å².